The number of pyridine rings is 1. The van der Waals surface area contributed by atoms with E-state index in [-0.39, 0.29) is 24.0 Å². The first kappa shape index (κ1) is 21.2. The molecule has 5 nitrogen and oxygen atoms in total. The highest BCUT2D eigenvalue weighted by Gasteiger charge is 2.06. The molecule has 2 aromatic rings. The number of halogens is 1. The van der Waals surface area contributed by atoms with E-state index < -0.39 is 0 Å². The molecule has 25 heavy (non-hydrogen) atoms. The summed E-state index contributed by atoms with van der Waals surface area (Å²) >= 11 is 0. The van der Waals surface area contributed by atoms with Crippen molar-refractivity contribution >= 4 is 29.9 Å². The van der Waals surface area contributed by atoms with E-state index in [9.17, 15) is 0 Å². The maximum Gasteiger partial charge on any atom is 0.188 e. The standard InChI is InChI=1S/C19H26N4O.HI/c1-15(2)17-8-3-4-9-18(17)24-14-13-23-19(20)22-12-10-16-7-5-6-11-21-16;/h3-9,11,15H,10,12-14H2,1-2H3,(H3,20,22,23);1H. The molecule has 0 atom stereocenters. The highest BCUT2D eigenvalue weighted by molar-refractivity contribution is 14.0. The van der Waals surface area contributed by atoms with E-state index in [1.54, 1.807) is 6.20 Å². The summed E-state index contributed by atoms with van der Waals surface area (Å²) in [4.78, 5) is 8.55. The summed E-state index contributed by atoms with van der Waals surface area (Å²) in [5.41, 5.74) is 8.09. The number of hydrogen-bond donors (Lipinski definition) is 2. The predicted molar refractivity (Wildman–Crippen MR) is 114 cm³/mol. The summed E-state index contributed by atoms with van der Waals surface area (Å²) in [5.74, 6) is 1.80. The average Bonchev–Trinajstić information content (AvgIpc) is 2.60. The quantitative estimate of drug-likeness (QED) is 0.278. The van der Waals surface area contributed by atoms with Gasteiger partial charge in [-0.25, -0.2) is 0 Å². The highest BCUT2D eigenvalue weighted by atomic mass is 127. The molecule has 1 aromatic carbocycles. The molecule has 0 aliphatic heterocycles. The molecular formula is C19H27IN4O. The summed E-state index contributed by atoms with van der Waals surface area (Å²) in [7, 11) is 0. The summed E-state index contributed by atoms with van der Waals surface area (Å²) in [5, 5.41) is 3.07. The molecule has 6 heteroatoms. The van der Waals surface area contributed by atoms with Gasteiger partial charge in [0, 0.05) is 24.9 Å². The van der Waals surface area contributed by atoms with Crippen LogP contribution in [0, 0.1) is 0 Å². The first-order valence-corrected chi connectivity index (χ1v) is 8.32. The second kappa shape index (κ2) is 11.7. The zero-order chi connectivity index (χ0) is 17.2. The van der Waals surface area contributed by atoms with Crippen LogP contribution in [0.2, 0.25) is 0 Å². The van der Waals surface area contributed by atoms with Crippen LogP contribution in [0.5, 0.6) is 5.75 Å². The number of benzene rings is 1. The van der Waals surface area contributed by atoms with Gasteiger partial charge in [-0.1, -0.05) is 38.1 Å². The largest absolute Gasteiger partial charge is 0.491 e. The number of hydrogen-bond acceptors (Lipinski definition) is 3. The topological polar surface area (TPSA) is 72.5 Å². The number of guanidine groups is 1. The third-order valence-corrected chi connectivity index (χ3v) is 3.58. The lowest BCUT2D eigenvalue weighted by molar-refractivity contribution is 0.318. The van der Waals surface area contributed by atoms with E-state index in [0.29, 0.717) is 31.6 Å². The number of para-hydroxylation sites is 1. The van der Waals surface area contributed by atoms with Gasteiger partial charge in [0.05, 0.1) is 6.54 Å². The van der Waals surface area contributed by atoms with Crippen LogP contribution in [0.4, 0.5) is 0 Å². The molecule has 3 N–H and O–H groups in total. The van der Waals surface area contributed by atoms with Gasteiger partial charge in [0.2, 0.25) is 0 Å². The summed E-state index contributed by atoms with van der Waals surface area (Å²) in [6, 6.07) is 14.0. The maximum absolute atomic E-state index is 5.86. The van der Waals surface area contributed by atoms with E-state index in [2.05, 4.69) is 35.2 Å². The molecule has 2 rings (SSSR count). The fraction of sp³-hybridized carbons (Fsp3) is 0.368. The number of ether oxygens (including phenoxy) is 1. The minimum atomic E-state index is 0. The Morgan fingerprint density at radius 1 is 1.20 bits per heavy atom. The van der Waals surface area contributed by atoms with E-state index in [1.807, 2.05) is 36.4 Å². The fourth-order valence-electron chi connectivity index (χ4n) is 2.32. The van der Waals surface area contributed by atoms with Crippen molar-refractivity contribution in [2.75, 3.05) is 19.7 Å². The van der Waals surface area contributed by atoms with Crippen molar-refractivity contribution in [3.05, 3.63) is 59.9 Å². The molecule has 0 amide bonds. The van der Waals surface area contributed by atoms with Crippen LogP contribution in [-0.4, -0.2) is 30.6 Å². The molecule has 0 aliphatic rings. The van der Waals surface area contributed by atoms with Crippen LogP contribution in [-0.2, 0) is 6.42 Å². The Morgan fingerprint density at radius 2 is 1.96 bits per heavy atom. The Kier molecular flexibility index (Phi) is 9.91. The number of nitrogens with one attached hydrogen (secondary N) is 1. The smallest absolute Gasteiger partial charge is 0.188 e. The minimum absolute atomic E-state index is 0. The lowest BCUT2D eigenvalue weighted by Gasteiger charge is -2.14. The van der Waals surface area contributed by atoms with Crippen molar-refractivity contribution in [2.45, 2.75) is 26.2 Å². The van der Waals surface area contributed by atoms with E-state index in [0.717, 1.165) is 17.9 Å². The molecule has 0 spiro atoms. The maximum atomic E-state index is 5.86. The Bertz CT molecular complexity index is 647. The molecule has 136 valence electrons. The minimum Gasteiger partial charge on any atom is -0.491 e. The number of rotatable bonds is 8. The normalized spacial score (nSPS) is 11.1. The van der Waals surface area contributed by atoms with Crippen LogP contribution >= 0.6 is 24.0 Å². The van der Waals surface area contributed by atoms with Gasteiger partial charge in [-0.2, -0.15) is 0 Å². The zero-order valence-corrected chi connectivity index (χ0v) is 17.1. The van der Waals surface area contributed by atoms with Crippen molar-refractivity contribution in [3.63, 3.8) is 0 Å². The lowest BCUT2D eigenvalue weighted by Crippen LogP contribution is -2.35. The summed E-state index contributed by atoms with van der Waals surface area (Å²) < 4.78 is 5.84. The molecule has 1 aromatic heterocycles. The third-order valence-electron chi connectivity index (χ3n) is 3.58. The van der Waals surface area contributed by atoms with E-state index in [4.69, 9.17) is 10.5 Å². The lowest BCUT2D eigenvalue weighted by atomic mass is 10.0. The molecular weight excluding hydrogens is 427 g/mol. The van der Waals surface area contributed by atoms with Crippen molar-refractivity contribution in [1.29, 1.82) is 0 Å². The fourth-order valence-corrected chi connectivity index (χ4v) is 2.32. The summed E-state index contributed by atoms with van der Waals surface area (Å²) in [6.45, 7) is 6.10. The second-order valence-electron chi connectivity index (χ2n) is 5.81. The highest BCUT2D eigenvalue weighted by Crippen LogP contribution is 2.25. The average molecular weight is 454 g/mol. The molecule has 0 saturated carbocycles. The van der Waals surface area contributed by atoms with Crippen molar-refractivity contribution in [2.24, 2.45) is 10.7 Å². The molecule has 1 heterocycles. The van der Waals surface area contributed by atoms with Gasteiger partial charge in [0.25, 0.3) is 0 Å². The number of nitrogens with two attached hydrogens (primary N) is 1. The van der Waals surface area contributed by atoms with Crippen molar-refractivity contribution < 1.29 is 4.74 Å². The third kappa shape index (κ3) is 7.72. The van der Waals surface area contributed by atoms with Crippen LogP contribution in [0.3, 0.4) is 0 Å². The molecule has 0 unspecified atom stereocenters. The van der Waals surface area contributed by atoms with E-state index >= 15 is 0 Å². The molecule has 0 aliphatic carbocycles. The van der Waals surface area contributed by atoms with Gasteiger partial charge in [-0.15, -0.1) is 24.0 Å². The Labute approximate surface area is 167 Å². The van der Waals surface area contributed by atoms with Gasteiger partial charge in [-0.05, 0) is 29.7 Å². The van der Waals surface area contributed by atoms with Crippen LogP contribution < -0.4 is 15.8 Å². The number of aromatic nitrogens is 1. The second-order valence-corrected chi connectivity index (χ2v) is 5.81. The van der Waals surface area contributed by atoms with Crippen LogP contribution in [0.15, 0.2) is 53.7 Å². The Balaban J connectivity index is 0.00000312. The summed E-state index contributed by atoms with van der Waals surface area (Å²) in [6.07, 6.45) is 2.56. The number of nitrogens with zero attached hydrogens (tertiary/aromatic N) is 2. The van der Waals surface area contributed by atoms with Gasteiger partial charge in [0.15, 0.2) is 5.96 Å². The van der Waals surface area contributed by atoms with Crippen molar-refractivity contribution in [1.82, 2.24) is 10.3 Å². The van der Waals surface area contributed by atoms with E-state index in [1.165, 1.54) is 5.56 Å². The van der Waals surface area contributed by atoms with Gasteiger partial charge in [0.1, 0.15) is 12.4 Å². The molecule has 0 saturated heterocycles. The van der Waals surface area contributed by atoms with Crippen LogP contribution in [0.25, 0.3) is 0 Å². The Morgan fingerprint density at radius 3 is 2.68 bits per heavy atom. The SMILES string of the molecule is CC(C)c1ccccc1OCCNC(N)=NCCc1ccccn1.I. The predicted octanol–water partition coefficient (Wildman–Crippen LogP) is 3.35. The number of aliphatic imine (C=N–C) groups is 1. The van der Waals surface area contributed by atoms with Crippen LogP contribution in [0.1, 0.15) is 31.0 Å². The van der Waals surface area contributed by atoms with Crippen molar-refractivity contribution in [3.8, 4) is 5.75 Å². The molecule has 0 fully saturated rings. The van der Waals surface area contributed by atoms with Gasteiger partial charge >= 0.3 is 0 Å². The van der Waals surface area contributed by atoms with Gasteiger partial charge in [-0.3, -0.25) is 9.98 Å². The monoisotopic (exact) mass is 454 g/mol. The molecule has 0 bridgehead atoms. The Hall–Kier alpha value is -1.83. The molecule has 0 radical (unpaired) electrons. The van der Waals surface area contributed by atoms with Gasteiger partial charge < -0.3 is 15.8 Å². The first-order valence-electron chi connectivity index (χ1n) is 8.32. The first-order chi connectivity index (χ1) is 11.7. The zero-order valence-electron chi connectivity index (χ0n) is 14.8.